The molecule has 0 spiro atoms. The van der Waals surface area contributed by atoms with Crippen molar-refractivity contribution in [1.82, 2.24) is 14.9 Å². The van der Waals surface area contributed by atoms with Crippen molar-refractivity contribution in [3.05, 3.63) is 36.4 Å². The molecule has 1 N–H and O–H groups in total. The summed E-state index contributed by atoms with van der Waals surface area (Å²) >= 11 is 0. The number of anilines is 1. The molecular weight excluding hydrogens is 380 g/mol. The quantitative estimate of drug-likeness (QED) is 0.716. The van der Waals surface area contributed by atoms with Crippen LogP contribution in [0.25, 0.3) is 0 Å². The number of imidazole rings is 1. The zero-order chi connectivity index (χ0) is 21.7. The summed E-state index contributed by atoms with van der Waals surface area (Å²) in [5, 5.41) is 0. The number of rotatable bonds is 8. The molecule has 2 heterocycles. The summed E-state index contributed by atoms with van der Waals surface area (Å²) in [7, 11) is 1.66. The van der Waals surface area contributed by atoms with Crippen LogP contribution in [0.1, 0.15) is 39.8 Å². The molecule has 3 rings (SSSR count). The highest BCUT2D eigenvalue weighted by Crippen LogP contribution is 2.34. The fraction of sp³-hybridized carbons (Fsp3) is 0.565. The minimum Gasteiger partial charge on any atom is -0.493 e. The molecule has 7 nitrogen and oxygen atoms in total. The van der Waals surface area contributed by atoms with Gasteiger partial charge in [0.15, 0.2) is 11.5 Å². The Bertz CT molecular complexity index is 820. The number of amides is 1. The van der Waals surface area contributed by atoms with Crippen LogP contribution in [-0.2, 0) is 11.2 Å². The number of nitrogens with one attached hydrogen (secondary N) is 1. The lowest BCUT2D eigenvalue weighted by Crippen LogP contribution is -2.56. The van der Waals surface area contributed by atoms with Gasteiger partial charge in [0.05, 0.1) is 26.0 Å². The van der Waals surface area contributed by atoms with Crippen LogP contribution in [0.4, 0.5) is 5.69 Å². The molecule has 0 aliphatic carbocycles. The number of ether oxygens (including phenoxy) is 2. The Balaban J connectivity index is 1.76. The first-order valence-corrected chi connectivity index (χ1v) is 10.7. The highest BCUT2D eigenvalue weighted by Gasteiger charge is 2.31. The number of carbonyl (C=O) groups is 1. The lowest BCUT2D eigenvalue weighted by molar-refractivity contribution is -0.133. The zero-order valence-corrected chi connectivity index (χ0v) is 18.7. The molecule has 1 atom stereocenters. The summed E-state index contributed by atoms with van der Waals surface area (Å²) in [5.41, 5.74) is 1.96. The number of nitrogens with zero attached hydrogens (tertiary/aromatic N) is 3. The minimum atomic E-state index is 0.0692. The van der Waals surface area contributed by atoms with Crippen LogP contribution < -0.4 is 14.4 Å². The predicted molar refractivity (Wildman–Crippen MR) is 118 cm³/mol. The van der Waals surface area contributed by atoms with Gasteiger partial charge in [-0.25, -0.2) is 4.98 Å². The van der Waals surface area contributed by atoms with Crippen molar-refractivity contribution in [3.8, 4) is 11.5 Å². The molecule has 1 saturated heterocycles. The van der Waals surface area contributed by atoms with E-state index in [0.29, 0.717) is 18.9 Å². The van der Waals surface area contributed by atoms with Gasteiger partial charge < -0.3 is 24.3 Å². The van der Waals surface area contributed by atoms with E-state index in [0.717, 1.165) is 42.4 Å². The maximum absolute atomic E-state index is 13.0. The first-order valence-electron chi connectivity index (χ1n) is 10.7. The van der Waals surface area contributed by atoms with E-state index >= 15 is 0 Å². The molecule has 30 heavy (non-hydrogen) atoms. The van der Waals surface area contributed by atoms with Gasteiger partial charge in [0.25, 0.3) is 0 Å². The molecule has 1 aliphatic heterocycles. The average molecular weight is 415 g/mol. The third-order valence-electron chi connectivity index (χ3n) is 5.32. The molecule has 0 unspecified atom stereocenters. The molecule has 1 aliphatic rings. The van der Waals surface area contributed by atoms with E-state index in [9.17, 15) is 4.79 Å². The number of hydrogen-bond acceptors (Lipinski definition) is 5. The van der Waals surface area contributed by atoms with Gasteiger partial charge in [-0.3, -0.25) is 4.79 Å². The van der Waals surface area contributed by atoms with Crippen molar-refractivity contribution in [2.24, 2.45) is 5.92 Å². The van der Waals surface area contributed by atoms with Gasteiger partial charge >= 0.3 is 0 Å². The van der Waals surface area contributed by atoms with E-state index in [1.165, 1.54) is 0 Å². The molecule has 7 heteroatoms. The first kappa shape index (κ1) is 22.0. The van der Waals surface area contributed by atoms with E-state index in [2.05, 4.69) is 34.8 Å². The summed E-state index contributed by atoms with van der Waals surface area (Å²) < 4.78 is 11.4. The SMILES string of the molecule is COc1ccc(N2CCN(C(=O)Cc3cnc[nH]3)[C@@H](CC(C)C)C2)cc1OC(C)C. The van der Waals surface area contributed by atoms with Crippen LogP contribution in [-0.4, -0.2) is 59.7 Å². The number of aromatic amines is 1. The van der Waals surface area contributed by atoms with Crippen molar-refractivity contribution in [2.45, 2.75) is 52.7 Å². The lowest BCUT2D eigenvalue weighted by atomic mass is 9.99. The zero-order valence-electron chi connectivity index (χ0n) is 18.7. The molecule has 0 radical (unpaired) electrons. The summed E-state index contributed by atoms with van der Waals surface area (Å²) in [6.45, 7) is 10.7. The normalized spacial score (nSPS) is 17.0. The van der Waals surface area contributed by atoms with Gasteiger partial charge in [0, 0.05) is 49.3 Å². The van der Waals surface area contributed by atoms with E-state index < -0.39 is 0 Å². The Morgan fingerprint density at radius 2 is 2.03 bits per heavy atom. The van der Waals surface area contributed by atoms with Gasteiger partial charge in [-0.1, -0.05) is 13.8 Å². The molecule has 1 aromatic carbocycles. The minimum absolute atomic E-state index is 0.0692. The smallest absolute Gasteiger partial charge is 0.228 e. The summed E-state index contributed by atoms with van der Waals surface area (Å²) in [6.07, 6.45) is 4.74. The monoisotopic (exact) mass is 414 g/mol. The molecular formula is C23H34N4O3. The Hall–Kier alpha value is -2.70. The van der Waals surface area contributed by atoms with Crippen LogP contribution in [0, 0.1) is 5.92 Å². The maximum Gasteiger partial charge on any atom is 0.228 e. The van der Waals surface area contributed by atoms with Gasteiger partial charge in [-0.05, 0) is 38.3 Å². The van der Waals surface area contributed by atoms with E-state index in [-0.39, 0.29) is 18.1 Å². The number of methoxy groups -OCH3 is 1. The Labute approximate surface area is 179 Å². The summed E-state index contributed by atoms with van der Waals surface area (Å²) in [4.78, 5) is 24.4. The Morgan fingerprint density at radius 3 is 2.67 bits per heavy atom. The van der Waals surface area contributed by atoms with Crippen molar-refractivity contribution >= 4 is 11.6 Å². The summed E-state index contributed by atoms with van der Waals surface area (Å²) in [5.74, 6) is 2.15. The first-order chi connectivity index (χ1) is 14.4. The van der Waals surface area contributed by atoms with Gasteiger partial charge in [0.1, 0.15) is 0 Å². The standard InChI is InChI=1S/C23H34N4O3/c1-16(2)10-20-14-26(8-9-27(20)23(28)11-18-13-24-15-25-18)19-6-7-21(29-5)22(12-19)30-17(3)4/h6-7,12-13,15-17,20H,8-11,14H2,1-5H3,(H,24,25)/t20-/m0/s1. The number of carbonyl (C=O) groups excluding carboxylic acids is 1. The third-order valence-corrected chi connectivity index (χ3v) is 5.32. The van der Waals surface area contributed by atoms with E-state index in [1.807, 2.05) is 30.9 Å². The molecule has 1 aromatic heterocycles. The highest BCUT2D eigenvalue weighted by atomic mass is 16.5. The van der Waals surface area contributed by atoms with Crippen LogP contribution >= 0.6 is 0 Å². The van der Waals surface area contributed by atoms with E-state index in [1.54, 1.807) is 19.6 Å². The molecule has 1 fully saturated rings. The van der Waals surface area contributed by atoms with Gasteiger partial charge in [-0.2, -0.15) is 0 Å². The molecule has 1 amide bonds. The number of H-pyrrole nitrogens is 1. The lowest BCUT2D eigenvalue weighted by Gasteiger charge is -2.43. The number of hydrogen-bond donors (Lipinski definition) is 1. The van der Waals surface area contributed by atoms with Crippen LogP contribution in [0.5, 0.6) is 11.5 Å². The van der Waals surface area contributed by atoms with Crippen LogP contribution in [0.3, 0.4) is 0 Å². The Morgan fingerprint density at radius 1 is 1.23 bits per heavy atom. The largest absolute Gasteiger partial charge is 0.493 e. The fourth-order valence-electron chi connectivity index (χ4n) is 4.02. The molecule has 2 aromatic rings. The van der Waals surface area contributed by atoms with Crippen LogP contribution in [0.2, 0.25) is 0 Å². The van der Waals surface area contributed by atoms with Crippen molar-refractivity contribution in [3.63, 3.8) is 0 Å². The number of aromatic nitrogens is 2. The number of benzene rings is 1. The number of piperazine rings is 1. The topological polar surface area (TPSA) is 70.7 Å². The third kappa shape index (κ3) is 5.46. The van der Waals surface area contributed by atoms with Crippen molar-refractivity contribution in [1.29, 1.82) is 0 Å². The highest BCUT2D eigenvalue weighted by molar-refractivity contribution is 5.79. The molecule has 0 saturated carbocycles. The fourth-order valence-corrected chi connectivity index (χ4v) is 4.02. The van der Waals surface area contributed by atoms with Gasteiger partial charge in [0.2, 0.25) is 5.91 Å². The van der Waals surface area contributed by atoms with Crippen molar-refractivity contribution in [2.75, 3.05) is 31.6 Å². The summed E-state index contributed by atoms with van der Waals surface area (Å²) in [6, 6.07) is 6.25. The second kappa shape index (κ2) is 9.87. The maximum atomic E-state index is 13.0. The second-order valence-electron chi connectivity index (χ2n) is 8.57. The Kier molecular flexibility index (Phi) is 7.24. The second-order valence-corrected chi connectivity index (χ2v) is 8.57. The van der Waals surface area contributed by atoms with Gasteiger partial charge in [-0.15, -0.1) is 0 Å². The van der Waals surface area contributed by atoms with Crippen molar-refractivity contribution < 1.29 is 14.3 Å². The average Bonchev–Trinajstić information content (AvgIpc) is 3.20. The van der Waals surface area contributed by atoms with Crippen LogP contribution in [0.15, 0.2) is 30.7 Å². The van der Waals surface area contributed by atoms with E-state index in [4.69, 9.17) is 9.47 Å². The molecule has 164 valence electrons. The predicted octanol–water partition coefficient (Wildman–Crippen LogP) is 3.51. The molecule has 0 bridgehead atoms.